The van der Waals surface area contributed by atoms with Gasteiger partial charge >= 0.3 is 0 Å². The van der Waals surface area contributed by atoms with Crippen LogP contribution in [0.15, 0.2) is 100 Å². The van der Waals surface area contributed by atoms with Crippen molar-refractivity contribution in [1.82, 2.24) is 10.2 Å². The summed E-state index contributed by atoms with van der Waals surface area (Å²) in [6.45, 7) is 5.89. The van der Waals surface area contributed by atoms with Gasteiger partial charge < -0.3 is 15.0 Å². The number of rotatable bonds is 4. The van der Waals surface area contributed by atoms with Gasteiger partial charge in [-0.1, -0.05) is 71.4 Å². The highest BCUT2D eigenvalue weighted by molar-refractivity contribution is 8.16. The number of aliphatic imine (C=N–C) groups is 1. The Labute approximate surface area is 217 Å². The average Bonchev–Trinajstić information content (AvgIpc) is 3.33. The van der Waals surface area contributed by atoms with Crippen LogP contribution in [0.25, 0.3) is 11.8 Å². The fraction of sp³-hybridized carbons (Fsp3) is 0.194. The number of hydrogen-bond acceptors (Lipinski definition) is 5. The van der Waals surface area contributed by atoms with E-state index in [-0.39, 0.29) is 6.04 Å². The van der Waals surface area contributed by atoms with Crippen LogP contribution >= 0.6 is 11.8 Å². The van der Waals surface area contributed by atoms with E-state index in [2.05, 4.69) is 96.2 Å². The summed E-state index contributed by atoms with van der Waals surface area (Å²) in [6, 6.07) is 26.0. The number of nitrogens with zero attached hydrogens (tertiary/aromatic N) is 2. The molecule has 180 valence electrons. The van der Waals surface area contributed by atoms with Gasteiger partial charge in [0.15, 0.2) is 5.17 Å². The molecule has 5 heteroatoms. The van der Waals surface area contributed by atoms with E-state index in [1.807, 2.05) is 12.1 Å². The molecule has 0 saturated heterocycles. The van der Waals surface area contributed by atoms with Crippen molar-refractivity contribution < 1.29 is 4.74 Å². The zero-order valence-electron chi connectivity index (χ0n) is 20.8. The number of nitrogens with one attached hydrogen (secondary N) is 1. The van der Waals surface area contributed by atoms with E-state index in [4.69, 9.17) is 9.73 Å². The maximum atomic E-state index is 5.39. The Balaban J connectivity index is 1.47. The van der Waals surface area contributed by atoms with Gasteiger partial charge in [-0.15, -0.1) is 0 Å². The van der Waals surface area contributed by atoms with E-state index in [0.29, 0.717) is 0 Å². The molecule has 0 saturated carbocycles. The Morgan fingerprint density at radius 3 is 2.31 bits per heavy atom. The summed E-state index contributed by atoms with van der Waals surface area (Å²) in [4.78, 5) is 7.67. The van der Waals surface area contributed by atoms with Crippen molar-refractivity contribution >= 4 is 28.7 Å². The Morgan fingerprint density at radius 2 is 1.61 bits per heavy atom. The average molecular weight is 492 g/mol. The SMILES string of the molecule is COc1ccc(C2=CSC3=NC4=C(CNC/C4=C\c4ccc(C)cc4)C(c4ccc(C)cc4)N23)cc1. The Hall–Kier alpha value is -3.54. The highest BCUT2D eigenvalue weighted by atomic mass is 32.2. The summed E-state index contributed by atoms with van der Waals surface area (Å²) in [5.74, 6) is 0.861. The number of amidine groups is 1. The molecule has 3 aliphatic rings. The lowest BCUT2D eigenvalue weighted by Crippen LogP contribution is -2.40. The molecular weight excluding hydrogens is 462 g/mol. The van der Waals surface area contributed by atoms with Crippen LogP contribution < -0.4 is 10.1 Å². The van der Waals surface area contributed by atoms with Crippen LogP contribution in [-0.2, 0) is 0 Å². The highest BCUT2D eigenvalue weighted by Gasteiger charge is 2.40. The monoisotopic (exact) mass is 491 g/mol. The first kappa shape index (κ1) is 22.9. The van der Waals surface area contributed by atoms with Gasteiger partial charge in [-0.2, -0.15) is 0 Å². The van der Waals surface area contributed by atoms with Crippen molar-refractivity contribution in [2.45, 2.75) is 19.9 Å². The predicted octanol–water partition coefficient (Wildman–Crippen LogP) is 6.71. The molecule has 1 unspecified atom stereocenters. The molecule has 0 amide bonds. The summed E-state index contributed by atoms with van der Waals surface area (Å²) >= 11 is 1.71. The highest BCUT2D eigenvalue weighted by Crippen LogP contribution is 2.48. The second kappa shape index (κ2) is 9.49. The molecule has 3 heterocycles. The fourth-order valence-corrected chi connectivity index (χ4v) is 5.96. The zero-order chi connectivity index (χ0) is 24.6. The topological polar surface area (TPSA) is 36.9 Å². The molecule has 36 heavy (non-hydrogen) atoms. The Morgan fingerprint density at radius 1 is 0.917 bits per heavy atom. The standard InChI is InChI=1S/C31H29N3OS/c1-20-4-8-22(9-5-20)16-25-17-32-18-27-29(25)33-31-34(30(27)24-10-6-21(2)7-11-24)28(19-36-31)23-12-14-26(35-3)15-13-23/h4-16,19,30,32H,17-18H2,1-3H3/b25-16+. The lowest BCUT2D eigenvalue weighted by atomic mass is 9.88. The van der Waals surface area contributed by atoms with E-state index >= 15 is 0 Å². The molecule has 4 nitrogen and oxygen atoms in total. The van der Waals surface area contributed by atoms with E-state index in [1.165, 1.54) is 39.1 Å². The summed E-state index contributed by atoms with van der Waals surface area (Å²) < 4.78 is 5.39. The Bertz CT molecular complexity index is 1410. The van der Waals surface area contributed by atoms with E-state index in [1.54, 1.807) is 18.9 Å². The predicted molar refractivity (Wildman–Crippen MR) is 151 cm³/mol. The minimum absolute atomic E-state index is 0.0747. The molecule has 0 fully saturated rings. The van der Waals surface area contributed by atoms with E-state index in [0.717, 1.165) is 35.3 Å². The van der Waals surface area contributed by atoms with Crippen LogP contribution in [0.3, 0.4) is 0 Å². The smallest absolute Gasteiger partial charge is 0.174 e. The number of fused-ring (bicyclic) bond motifs is 1. The molecule has 3 aliphatic heterocycles. The van der Waals surface area contributed by atoms with Crippen LogP contribution in [0, 0.1) is 13.8 Å². The number of ether oxygens (including phenoxy) is 1. The summed E-state index contributed by atoms with van der Waals surface area (Å²) in [5, 5.41) is 6.92. The quantitative estimate of drug-likeness (QED) is 0.440. The van der Waals surface area contributed by atoms with Crippen LogP contribution in [0.4, 0.5) is 0 Å². The first-order valence-corrected chi connectivity index (χ1v) is 13.2. The summed E-state index contributed by atoms with van der Waals surface area (Å²) in [6.07, 6.45) is 2.28. The molecule has 6 rings (SSSR count). The number of thioether (sulfide) groups is 1. The van der Waals surface area contributed by atoms with Crippen molar-refractivity contribution in [3.05, 3.63) is 123 Å². The van der Waals surface area contributed by atoms with Crippen LogP contribution in [0.2, 0.25) is 0 Å². The van der Waals surface area contributed by atoms with E-state index < -0.39 is 0 Å². The van der Waals surface area contributed by atoms with Crippen molar-refractivity contribution in [3.63, 3.8) is 0 Å². The largest absolute Gasteiger partial charge is 0.497 e. The molecular formula is C31H29N3OS. The lowest BCUT2D eigenvalue weighted by molar-refractivity contribution is 0.414. The molecule has 1 atom stereocenters. The van der Waals surface area contributed by atoms with Crippen molar-refractivity contribution in [2.24, 2.45) is 4.99 Å². The molecule has 0 spiro atoms. The van der Waals surface area contributed by atoms with Gasteiger partial charge in [-0.3, -0.25) is 0 Å². The fourth-order valence-electron chi connectivity index (χ4n) is 5.03. The number of hydrogen-bond donors (Lipinski definition) is 1. The van der Waals surface area contributed by atoms with Crippen LogP contribution in [0.1, 0.15) is 33.9 Å². The normalized spacial score (nSPS) is 20.1. The third-order valence-electron chi connectivity index (χ3n) is 6.97. The second-order valence-corrected chi connectivity index (χ2v) is 10.3. The number of benzene rings is 3. The van der Waals surface area contributed by atoms with Gasteiger partial charge in [0.25, 0.3) is 0 Å². The van der Waals surface area contributed by atoms with E-state index in [9.17, 15) is 0 Å². The van der Waals surface area contributed by atoms with Gasteiger partial charge in [0.05, 0.1) is 24.5 Å². The maximum absolute atomic E-state index is 5.39. The van der Waals surface area contributed by atoms with Crippen LogP contribution in [-0.4, -0.2) is 30.3 Å². The zero-order valence-corrected chi connectivity index (χ0v) is 21.6. The third kappa shape index (κ3) is 4.19. The lowest BCUT2D eigenvalue weighted by Gasteiger charge is -2.40. The maximum Gasteiger partial charge on any atom is 0.174 e. The molecule has 0 radical (unpaired) electrons. The van der Waals surface area contributed by atoms with Gasteiger partial charge in [0.1, 0.15) is 5.75 Å². The van der Waals surface area contributed by atoms with Gasteiger partial charge in [-0.25, -0.2) is 4.99 Å². The summed E-state index contributed by atoms with van der Waals surface area (Å²) in [7, 11) is 1.70. The molecule has 3 aromatic rings. The molecule has 0 aromatic heterocycles. The summed E-state index contributed by atoms with van der Waals surface area (Å²) in [5.41, 5.74) is 11.0. The molecule has 1 N–H and O–H groups in total. The van der Waals surface area contributed by atoms with Crippen LogP contribution in [0.5, 0.6) is 5.75 Å². The van der Waals surface area contributed by atoms with Crippen molar-refractivity contribution in [1.29, 1.82) is 0 Å². The number of aryl methyl sites for hydroxylation is 2. The first-order valence-electron chi connectivity index (χ1n) is 12.3. The van der Waals surface area contributed by atoms with Crippen molar-refractivity contribution in [2.75, 3.05) is 20.2 Å². The Kier molecular flexibility index (Phi) is 6.04. The molecule has 0 aliphatic carbocycles. The second-order valence-electron chi connectivity index (χ2n) is 9.48. The van der Waals surface area contributed by atoms with Crippen molar-refractivity contribution in [3.8, 4) is 5.75 Å². The van der Waals surface area contributed by atoms with Gasteiger partial charge in [-0.05, 0) is 72.0 Å². The minimum Gasteiger partial charge on any atom is -0.497 e. The van der Waals surface area contributed by atoms with Gasteiger partial charge in [0, 0.05) is 18.5 Å². The molecule has 0 bridgehead atoms. The minimum atomic E-state index is 0.0747. The molecule has 3 aromatic carbocycles. The first-order chi connectivity index (χ1) is 17.6. The van der Waals surface area contributed by atoms with Gasteiger partial charge in [0.2, 0.25) is 0 Å². The third-order valence-corrected chi connectivity index (χ3v) is 7.81. The number of methoxy groups -OCH3 is 1.